The minimum atomic E-state index is -1.06. The fraction of sp³-hybridized carbons (Fsp3) is 0.500. The van der Waals surface area contributed by atoms with E-state index in [2.05, 4.69) is 10.2 Å². The number of rotatable bonds is 4. The highest BCUT2D eigenvalue weighted by molar-refractivity contribution is 5.93. The average Bonchev–Trinajstić information content (AvgIpc) is 2.57. The Bertz CT molecular complexity index is 764. The van der Waals surface area contributed by atoms with Crippen LogP contribution in [-0.4, -0.2) is 45.6 Å². The number of hydrogen-bond donors (Lipinski definition) is 2. The number of carboxylic acids is 1. The van der Waals surface area contributed by atoms with E-state index in [1.807, 2.05) is 43.0 Å². The van der Waals surface area contributed by atoms with Crippen molar-refractivity contribution in [3.63, 3.8) is 0 Å². The second kappa shape index (κ2) is 6.36. The molecule has 0 aliphatic carbocycles. The topological polar surface area (TPSA) is 86.5 Å². The van der Waals surface area contributed by atoms with Gasteiger partial charge in [-0.15, -0.1) is 5.10 Å². The largest absolute Gasteiger partial charge is 0.481 e. The fourth-order valence-electron chi connectivity index (χ4n) is 3.72. The number of anilines is 1. The van der Waals surface area contributed by atoms with Crippen LogP contribution in [0.4, 0.5) is 5.82 Å². The number of piperidine rings is 1. The molecule has 3 rings (SSSR count). The third-order valence-electron chi connectivity index (χ3n) is 5.13. The molecule has 1 fully saturated rings. The molecule has 0 spiro atoms. The molecule has 0 amide bonds. The number of nitrogens with zero attached hydrogens (tertiary/aromatic N) is 3. The minimum Gasteiger partial charge on any atom is -0.481 e. The number of benzene rings is 1. The molecule has 2 N–H and O–H groups in total. The molecule has 0 bridgehead atoms. The summed E-state index contributed by atoms with van der Waals surface area (Å²) >= 11 is 0. The van der Waals surface area contributed by atoms with Crippen LogP contribution in [0.15, 0.2) is 24.3 Å². The van der Waals surface area contributed by atoms with Gasteiger partial charge >= 0.3 is 5.97 Å². The van der Waals surface area contributed by atoms with Gasteiger partial charge in [-0.2, -0.15) is 5.10 Å². The van der Waals surface area contributed by atoms with Crippen LogP contribution in [0, 0.1) is 12.3 Å². The molecule has 2 heterocycles. The van der Waals surface area contributed by atoms with Crippen molar-refractivity contribution in [3.05, 3.63) is 30.0 Å². The molecule has 24 heavy (non-hydrogen) atoms. The van der Waals surface area contributed by atoms with Crippen LogP contribution in [0.3, 0.4) is 0 Å². The van der Waals surface area contributed by atoms with Crippen molar-refractivity contribution in [1.29, 1.82) is 0 Å². The first-order valence-corrected chi connectivity index (χ1v) is 8.38. The SMILES string of the molecule is CCC[C@]1(C(=O)O)CCN(c2nnc(C)c3ccccc23)CC1O. The molecular weight excluding hydrogens is 306 g/mol. The molecule has 1 aliphatic rings. The van der Waals surface area contributed by atoms with Gasteiger partial charge in [0.15, 0.2) is 5.82 Å². The van der Waals surface area contributed by atoms with E-state index >= 15 is 0 Å². The number of carboxylic acid groups (broad SMARTS) is 1. The smallest absolute Gasteiger partial charge is 0.312 e. The van der Waals surface area contributed by atoms with Crippen molar-refractivity contribution in [2.45, 2.75) is 39.2 Å². The number of aliphatic hydroxyl groups is 1. The maximum Gasteiger partial charge on any atom is 0.312 e. The number of carbonyl (C=O) groups is 1. The van der Waals surface area contributed by atoms with Crippen LogP contribution in [0.5, 0.6) is 0 Å². The van der Waals surface area contributed by atoms with Gasteiger partial charge in [0.1, 0.15) is 0 Å². The maximum absolute atomic E-state index is 11.8. The monoisotopic (exact) mass is 329 g/mol. The number of fused-ring (bicyclic) bond motifs is 1. The second-order valence-corrected chi connectivity index (χ2v) is 6.58. The van der Waals surface area contributed by atoms with Crippen molar-refractivity contribution in [1.82, 2.24) is 10.2 Å². The molecule has 1 saturated heterocycles. The standard InChI is InChI=1S/C18H23N3O3/c1-3-8-18(17(23)24)9-10-21(11-15(18)22)16-14-7-5-4-6-13(14)12(2)19-20-16/h4-7,15,22H,3,8-11H2,1-2H3,(H,23,24)/t15?,18-/m0/s1. The summed E-state index contributed by atoms with van der Waals surface area (Å²) in [5.74, 6) is -0.193. The molecule has 1 unspecified atom stereocenters. The predicted molar refractivity (Wildman–Crippen MR) is 92.1 cm³/mol. The van der Waals surface area contributed by atoms with E-state index < -0.39 is 17.5 Å². The Morgan fingerprint density at radius 3 is 2.67 bits per heavy atom. The fourth-order valence-corrected chi connectivity index (χ4v) is 3.72. The van der Waals surface area contributed by atoms with Gasteiger partial charge < -0.3 is 15.1 Å². The number of aliphatic hydroxyl groups excluding tert-OH is 1. The van der Waals surface area contributed by atoms with Crippen molar-refractivity contribution in [3.8, 4) is 0 Å². The minimum absolute atomic E-state index is 0.258. The Kier molecular flexibility index (Phi) is 4.41. The first-order chi connectivity index (χ1) is 11.5. The van der Waals surface area contributed by atoms with E-state index in [4.69, 9.17) is 0 Å². The summed E-state index contributed by atoms with van der Waals surface area (Å²) in [6, 6.07) is 7.90. The van der Waals surface area contributed by atoms with Gasteiger partial charge in [-0.1, -0.05) is 37.6 Å². The average molecular weight is 329 g/mol. The summed E-state index contributed by atoms with van der Waals surface area (Å²) in [6.07, 6.45) is 0.695. The first-order valence-electron chi connectivity index (χ1n) is 8.38. The van der Waals surface area contributed by atoms with E-state index in [9.17, 15) is 15.0 Å². The van der Waals surface area contributed by atoms with Crippen LogP contribution in [-0.2, 0) is 4.79 Å². The van der Waals surface area contributed by atoms with E-state index in [1.165, 1.54) is 0 Å². The van der Waals surface area contributed by atoms with Crippen molar-refractivity contribution >= 4 is 22.6 Å². The number of aryl methyl sites for hydroxylation is 1. The Balaban J connectivity index is 1.94. The van der Waals surface area contributed by atoms with Crippen molar-refractivity contribution in [2.75, 3.05) is 18.0 Å². The summed E-state index contributed by atoms with van der Waals surface area (Å²) in [5, 5.41) is 30.8. The third-order valence-corrected chi connectivity index (χ3v) is 5.13. The zero-order valence-electron chi connectivity index (χ0n) is 14.1. The van der Waals surface area contributed by atoms with Crippen LogP contribution >= 0.6 is 0 Å². The molecule has 1 aromatic carbocycles. The zero-order valence-corrected chi connectivity index (χ0v) is 14.1. The summed E-state index contributed by atoms with van der Waals surface area (Å²) in [6.45, 7) is 4.67. The van der Waals surface area contributed by atoms with Crippen molar-refractivity contribution < 1.29 is 15.0 Å². The second-order valence-electron chi connectivity index (χ2n) is 6.58. The van der Waals surface area contributed by atoms with Gasteiger partial charge in [0.05, 0.1) is 17.2 Å². The lowest BCUT2D eigenvalue weighted by Crippen LogP contribution is -2.55. The molecule has 128 valence electrons. The highest BCUT2D eigenvalue weighted by Crippen LogP contribution is 2.39. The van der Waals surface area contributed by atoms with Gasteiger partial charge in [-0.05, 0) is 19.8 Å². The Morgan fingerprint density at radius 1 is 1.33 bits per heavy atom. The lowest BCUT2D eigenvalue weighted by Gasteiger charge is -2.43. The van der Waals surface area contributed by atoms with E-state index in [0.29, 0.717) is 25.2 Å². The molecule has 2 atom stereocenters. The number of aromatic nitrogens is 2. The number of aliphatic carboxylic acids is 1. The normalized spacial score (nSPS) is 24.3. The first kappa shape index (κ1) is 16.6. The summed E-state index contributed by atoms with van der Waals surface area (Å²) < 4.78 is 0. The summed E-state index contributed by atoms with van der Waals surface area (Å²) in [5.41, 5.74) is -0.197. The van der Waals surface area contributed by atoms with Crippen molar-refractivity contribution in [2.24, 2.45) is 5.41 Å². The van der Waals surface area contributed by atoms with E-state index in [0.717, 1.165) is 22.9 Å². The summed E-state index contributed by atoms with van der Waals surface area (Å²) in [4.78, 5) is 13.7. The Labute approximate surface area is 141 Å². The zero-order chi connectivity index (χ0) is 17.3. The molecule has 1 aliphatic heterocycles. The van der Waals surface area contributed by atoms with Gasteiger partial charge in [0.25, 0.3) is 0 Å². The molecule has 6 heteroatoms. The van der Waals surface area contributed by atoms with E-state index in [1.54, 1.807) is 0 Å². The molecule has 0 saturated carbocycles. The lowest BCUT2D eigenvalue weighted by atomic mass is 9.73. The quantitative estimate of drug-likeness (QED) is 0.895. The highest BCUT2D eigenvalue weighted by atomic mass is 16.4. The van der Waals surface area contributed by atoms with Gasteiger partial charge in [-0.25, -0.2) is 0 Å². The van der Waals surface area contributed by atoms with Crippen LogP contribution in [0.2, 0.25) is 0 Å². The van der Waals surface area contributed by atoms with Crippen LogP contribution < -0.4 is 4.90 Å². The van der Waals surface area contributed by atoms with E-state index in [-0.39, 0.29) is 6.54 Å². The maximum atomic E-state index is 11.8. The molecule has 2 aromatic rings. The Morgan fingerprint density at radius 2 is 2.04 bits per heavy atom. The lowest BCUT2D eigenvalue weighted by molar-refractivity contribution is -0.159. The van der Waals surface area contributed by atoms with Gasteiger partial charge in [0, 0.05) is 23.9 Å². The Hall–Kier alpha value is -2.21. The number of hydrogen-bond acceptors (Lipinski definition) is 5. The molecule has 1 aromatic heterocycles. The molecular formula is C18H23N3O3. The van der Waals surface area contributed by atoms with Gasteiger partial charge in [-0.3, -0.25) is 4.79 Å². The molecule has 6 nitrogen and oxygen atoms in total. The highest BCUT2D eigenvalue weighted by Gasteiger charge is 2.48. The number of β-amino-alcohol motifs (C(OH)–C–C–N with tert-alkyl or cyclic N) is 1. The van der Waals surface area contributed by atoms with Gasteiger partial charge in [0.2, 0.25) is 0 Å². The molecule has 0 radical (unpaired) electrons. The van der Waals surface area contributed by atoms with Crippen LogP contribution in [0.25, 0.3) is 10.8 Å². The predicted octanol–water partition coefficient (Wildman–Crippen LogP) is 2.38. The summed E-state index contributed by atoms with van der Waals surface area (Å²) in [7, 11) is 0. The third kappa shape index (κ3) is 2.60. The van der Waals surface area contributed by atoms with Crippen LogP contribution in [0.1, 0.15) is 31.9 Å².